The molecule has 0 aromatic heterocycles. The molecule has 0 radical (unpaired) electrons. The van der Waals surface area contributed by atoms with Crippen LogP contribution in [0, 0.1) is 0 Å². The first-order valence-corrected chi connectivity index (χ1v) is 7.44. The van der Waals surface area contributed by atoms with Crippen LogP contribution < -0.4 is 0 Å². The lowest BCUT2D eigenvalue weighted by Crippen LogP contribution is -2.37. The number of rotatable bonds is 6. The number of ether oxygens (including phenoxy) is 2. The number of likely N-dealkylation sites (tertiary alicyclic amines) is 1. The minimum Gasteiger partial charge on any atom is -0.450 e. The normalized spacial score (nSPS) is 21.5. The van der Waals surface area contributed by atoms with Crippen molar-refractivity contribution >= 4 is 6.09 Å². The van der Waals surface area contributed by atoms with Crippen LogP contribution in [0.3, 0.4) is 0 Å². The van der Waals surface area contributed by atoms with Gasteiger partial charge in [0.05, 0.1) is 25.9 Å². The number of amides is 1. The van der Waals surface area contributed by atoms with Gasteiger partial charge in [-0.2, -0.15) is 0 Å². The first kappa shape index (κ1) is 15.8. The van der Waals surface area contributed by atoms with Crippen molar-refractivity contribution in [3.8, 4) is 0 Å². The van der Waals surface area contributed by atoms with Crippen LogP contribution in [0.15, 0.2) is 30.3 Å². The Hall–Kier alpha value is -1.59. The average molecular weight is 293 g/mol. The van der Waals surface area contributed by atoms with Crippen LogP contribution in [0.2, 0.25) is 0 Å². The van der Waals surface area contributed by atoms with Crippen LogP contribution in [0.25, 0.3) is 0 Å². The number of nitrogens with zero attached hydrogens (tertiary/aromatic N) is 1. The van der Waals surface area contributed by atoms with E-state index in [0.717, 1.165) is 12.0 Å². The van der Waals surface area contributed by atoms with E-state index in [0.29, 0.717) is 26.2 Å². The minimum atomic E-state index is -0.318. The molecule has 0 unspecified atom stereocenters. The summed E-state index contributed by atoms with van der Waals surface area (Å²) in [6.07, 6.45) is 0.976. The molecule has 1 aliphatic rings. The molecule has 2 rings (SSSR count). The smallest absolute Gasteiger partial charge is 0.410 e. The van der Waals surface area contributed by atoms with Gasteiger partial charge in [0, 0.05) is 12.6 Å². The number of hydrogen-bond acceptors (Lipinski definition) is 4. The van der Waals surface area contributed by atoms with Crippen molar-refractivity contribution in [2.24, 2.45) is 0 Å². The SMILES string of the molecule is CCOC(=O)N1C[C@H](OCc2ccccc2)C[C@H]1CCO. The number of hydrogen-bond donors (Lipinski definition) is 1. The fourth-order valence-electron chi connectivity index (χ4n) is 2.64. The Labute approximate surface area is 125 Å². The second kappa shape index (κ2) is 8.00. The molecular formula is C16H23NO4. The summed E-state index contributed by atoms with van der Waals surface area (Å²) >= 11 is 0. The number of benzene rings is 1. The quantitative estimate of drug-likeness (QED) is 0.873. The molecule has 1 saturated heterocycles. The van der Waals surface area contributed by atoms with Crippen molar-refractivity contribution in [2.75, 3.05) is 19.8 Å². The van der Waals surface area contributed by atoms with Crippen molar-refractivity contribution in [1.82, 2.24) is 4.90 Å². The van der Waals surface area contributed by atoms with Crippen molar-refractivity contribution < 1.29 is 19.4 Å². The largest absolute Gasteiger partial charge is 0.450 e. The highest BCUT2D eigenvalue weighted by Gasteiger charge is 2.36. The van der Waals surface area contributed by atoms with Crippen LogP contribution in [0.4, 0.5) is 4.79 Å². The lowest BCUT2D eigenvalue weighted by Gasteiger charge is -2.22. The van der Waals surface area contributed by atoms with E-state index < -0.39 is 0 Å². The molecule has 0 spiro atoms. The Bertz CT molecular complexity index is 437. The minimum absolute atomic E-state index is 0.00479. The van der Waals surface area contributed by atoms with Gasteiger partial charge in [0.2, 0.25) is 0 Å². The van der Waals surface area contributed by atoms with Crippen molar-refractivity contribution in [3.05, 3.63) is 35.9 Å². The third-order valence-corrected chi connectivity index (χ3v) is 3.67. The van der Waals surface area contributed by atoms with Crippen LogP contribution in [0.1, 0.15) is 25.3 Å². The summed E-state index contributed by atoms with van der Waals surface area (Å²) < 4.78 is 11.0. The first-order valence-electron chi connectivity index (χ1n) is 7.44. The van der Waals surface area contributed by atoms with Gasteiger partial charge in [-0.15, -0.1) is 0 Å². The lowest BCUT2D eigenvalue weighted by atomic mass is 10.1. The van der Waals surface area contributed by atoms with Gasteiger partial charge in [-0.1, -0.05) is 30.3 Å². The Kier molecular flexibility index (Phi) is 6.02. The number of carbonyl (C=O) groups is 1. The third kappa shape index (κ3) is 4.44. The van der Waals surface area contributed by atoms with Gasteiger partial charge >= 0.3 is 6.09 Å². The number of aliphatic hydroxyl groups is 1. The molecule has 2 atom stereocenters. The van der Waals surface area contributed by atoms with Crippen LogP contribution in [0.5, 0.6) is 0 Å². The van der Waals surface area contributed by atoms with Gasteiger partial charge in [0.25, 0.3) is 0 Å². The highest BCUT2D eigenvalue weighted by molar-refractivity contribution is 5.68. The lowest BCUT2D eigenvalue weighted by molar-refractivity contribution is 0.0442. The molecule has 1 fully saturated rings. The van der Waals surface area contributed by atoms with E-state index >= 15 is 0 Å². The highest BCUT2D eigenvalue weighted by atomic mass is 16.6. The van der Waals surface area contributed by atoms with Crippen molar-refractivity contribution in [1.29, 1.82) is 0 Å². The maximum Gasteiger partial charge on any atom is 0.410 e. The Morgan fingerprint density at radius 3 is 2.81 bits per heavy atom. The molecule has 21 heavy (non-hydrogen) atoms. The predicted molar refractivity (Wildman–Crippen MR) is 78.9 cm³/mol. The zero-order valence-corrected chi connectivity index (χ0v) is 12.4. The Morgan fingerprint density at radius 1 is 1.38 bits per heavy atom. The van der Waals surface area contributed by atoms with Crippen molar-refractivity contribution in [3.63, 3.8) is 0 Å². The molecule has 1 aliphatic heterocycles. The summed E-state index contributed by atoms with van der Waals surface area (Å²) in [6, 6.07) is 9.96. The molecule has 5 heteroatoms. The molecule has 1 amide bonds. The fourth-order valence-corrected chi connectivity index (χ4v) is 2.64. The molecule has 0 bridgehead atoms. The van der Waals surface area contributed by atoms with Gasteiger partial charge in [-0.25, -0.2) is 4.79 Å². The van der Waals surface area contributed by atoms with Gasteiger partial charge in [-0.05, 0) is 25.3 Å². The van der Waals surface area contributed by atoms with Crippen LogP contribution in [-0.4, -0.2) is 48.0 Å². The first-order chi connectivity index (χ1) is 10.2. The summed E-state index contributed by atoms with van der Waals surface area (Å²) in [7, 11) is 0. The molecule has 1 N–H and O–H groups in total. The third-order valence-electron chi connectivity index (χ3n) is 3.67. The van der Waals surface area contributed by atoms with E-state index in [4.69, 9.17) is 14.6 Å². The van der Waals surface area contributed by atoms with E-state index in [1.54, 1.807) is 11.8 Å². The van der Waals surface area contributed by atoms with Crippen LogP contribution in [-0.2, 0) is 16.1 Å². The van der Waals surface area contributed by atoms with E-state index in [9.17, 15) is 4.79 Å². The van der Waals surface area contributed by atoms with E-state index in [2.05, 4.69) is 0 Å². The standard InChI is InChI=1S/C16H23NO4/c1-2-20-16(19)17-11-15(10-14(17)8-9-18)21-12-13-6-4-3-5-7-13/h3-7,14-15,18H,2,8-12H2,1H3/t14-,15-/m1/s1. The molecule has 0 saturated carbocycles. The second-order valence-corrected chi connectivity index (χ2v) is 5.17. The van der Waals surface area contributed by atoms with E-state index in [1.807, 2.05) is 30.3 Å². The predicted octanol–water partition coefficient (Wildman–Crippen LogP) is 2.19. The average Bonchev–Trinajstić information content (AvgIpc) is 2.90. The molecule has 1 aromatic carbocycles. The summed E-state index contributed by atoms with van der Waals surface area (Å²) in [4.78, 5) is 13.6. The van der Waals surface area contributed by atoms with Crippen molar-refractivity contribution in [2.45, 2.75) is 38.5 Å². The van der Waals surface area contributed by atoms with Gasteiger partial charge in [0.15, 0.2) is 0 Å². The summed E-state index contributed by atoms with van der Waals surface area (Å²) in [5, 5.41) is 9.13. The van der Waals surface area contributed by atoms with E-state index in [-0.39, 0.29) is 24.8 Å². The monoisotopic (exact) mass is 293 g/mol. The second-order valence-electron chi connectivity index (χ2n) is 5.17. The zero-order valence-electron chi connectivity index (χ0n) is 12.4. The van der Waals surface area contributed by atoms with E-state index in [1.165, 1.54) is 0 Å². The zero-order chi connectivity index (χ0) is 15.1. The molecule has 0 aliphatic carbocycles. The maximum absolute atomic E-state index is 11.9. The Balaban J connectivity index is 1.89. The fraction of sp³-hybridized carbons (Fsp3) is 0.562. The van der Waals surface area contributed by atoms with Gasteiger partial charge in [-0.3, -0.25) is 0 Å². The molecule has 5 nitrogen and oxygen atoms in total. The number of aliphatic hydroxyl groups excluding tert-OH is 1. The topological polar surface area (TPSA) is 59.0 Å². The highest BCUT2D eigenvalue weighted by Crippen LogP contribution is 2.24. The Morgan fingerprint density at radius 2 is 2.14 bits per heavy atom. The van der Waals surface area contributed by atoms with Gasteiger partial charge < -0.3 is 19.5 Å². The van der Waals surface area contributed by atoms with Crippen LogP contribution >= 0.6 is 0 Å². The number of carbonyl (C=O) groups excluding carboxylic acids is 1. The molecule has 1 aromatic rings. The summed E-state index contributed by atoms with van der Waals surface area (Å²) in [5.41, 5.74) is 1.12. The summed E-state index contributed by atoms with van der Waals surface area (Å²) in [5.74, 6) is 0. The maximum atomic E-state index is 11.9. The summed E-state index contributed by atoms with van der Waals surface area (Å²) in [6.45, 7) is 3.27. The molecular weight excluding hydrogens is 270 g/mol. The van der Waals surface area contributed by atoms with Gasteiger partial charge in [0.1, 0.15) is 0 Å². The molecule has 1 heterocycles. The molecule has 116 valence electrons.